The first kappa shape index (κ1) is 36.6. The minimum Gasteiger partial charge on any atom is -0.444 e. The molecule has 0 radical (unpaired) electrons. The van der Waals surface area contributed by atoms with E-state index in [1.807, 2.05) is 36.4 Å². The number of ether oxygens (including phenoxy) is 2. The molecule has 0 spiro atoms. The Morgan fingerprint density at radius 1 is 0.939 bits per heavy atom. The summed E-state index contributed by atoms with van der Waals surface area (Å²) in [4.78, 5) is 47.7. The summed E-state index contributed by atoms with van der Waals surface area (Å²) in [6.45, 7) is 4.76. The van der Waals surface area contributed by atoms with E-state index in [1.165, 1.54) is 11.3 Å². The zero-order valence-corrected chi connectivity index (χ0v) is 29.2. The third-order valence-corrected chi connectivity index (χ3v) is 10.2. The van der Waals surface area contributed by atoms with Crippen LogP contribution in [0, 0.1) is 5.92 Å². The maximum atomic E-state index is 14.2. The number of hydrogen-bond donors (Lipinski definition) is 3. The van der Waals surface area contributed by atoms with Crippen LogP contribution in [0.3, 0.4) is 0 Å². The highest BCUT2D eigenvalue weighted by molar-refractivity contribution is 7.09. The molecule has 2 fully saturated rings. The largest absolute Gasteiger partial charge is 0.444 e. The number of nitrogens with one attached hydrogen (secondary N) is 3. The number of benzene rings is 2. The molecule has 0 bridgehead atoms. The Morgan fingerprint density at radius 3 is 2.35 bits per heavy atom. The maximum absolute atomic E-state index is 14.2. The lowest BCUT2D eigenvalue weighted by atomic mass is 9.86. The molecule has 4 atom stereocenters. The summed E-state index contributed by atoms with van der Waals surface area (Å²) < 4.78 is 11.0. The number of alkyl carbamates (subject to hydrolysis) is 1. The average molecular weight is 690 g/mol. The number of Topliss-reactive ketones (excluding diaryl/α,β-unsaturated/α-hetero) is 1. The van der Waals surface area contributed by atoms with Crippen LogP contribution in [0.2, 0.25) is 0 Å². The summed E-state index contributed by atoms with van der Waals surface area (Å²) >= 11 is 1.45. The van der Waals surface area contributed by atoms with Crippen LogP contribution in [0.15, 0.2) is 72.4 Å². The summed E-state index contributed by atoms with van der Waals surface area (Å²) in [5.74, 6) is 0.0114. The lowest BCUT2D eigenvalue weighted by Crippen LogP contribution is -2.52. The van der Waals surface area contributed by atoms with Gasteiger partial charge in [-0.1, -0.05) is 67.1 Å². The fourth-order valence-corrected chi connectivity index (χ4v) is 7.17. The van der Waals surface area contributed by atoms with Crippen molar-refractivity contribution in [3.05, 3.63) is 88.4 Å². The van der Waals surface area contributed by atoms with Gasteiger partial charge in [0.1, 0.15) is 6.61 Å². The highest BCUT2D eigenvalue weighted by atomic mass is 32.1. The third-order valence-electron chi connectivity index (χ3n) is 9.43. The maximum Gasteiger partial charge on any atom is 0.407 e. The van der Waals surface area contributed by atoms with Gasteiger partial charge in [0.15, 0.2) is 5.78 Å². The lowest BCUT2D eigenvalue weighted by Gasteiger charge is -2.30. The van der Waals surface area contributed by atoms with Crippen molar-refractivity contribution in [2.45, 2.75) is 82.5 Å². The van der Waals surface area contributed by atoms with Crippen LogP contribution in [-0.4, -0.2) is 85.2 Å². The Hall–Kier alpha value is -3.64. The minimum absolute atomic E-state index is 0.0266. The van der Waals surface area contributed by atoms with Crippen LogP contribution in [-0.2, 0) is 38.5 Å². The molecule has 0 saturated carbocycles. The van der Waals surface area contributed by atoms with Crippen molar-refractivity contribution >= 4 is 29.1 Å². The molecule has 1 unspecified atom stereocenters. The van der Waals surface area contributed by atoms with Gasteiger partial charge in [0.2, 0.25) is 5.91 Å². The molecule has 11 heteroatoms. The molecule has 0 aliphatic carbocycles. The van der Waals surface area contributed by atoms with E-state index in [4.69, 9.17) is 9.47 Å². The molecule has 3 heterocycles. The van der Waals surface area contributed by atoms with Crippen LogP contribution < -0.4 is 16.0 Å². The predicted molar refractivity (Wildman–Crippen MR) is 191 cm³/mol. The quantitative estimate of drug-likeness (QED) is 0.172. The highest BCUT2D eigenvalue weighted by Gasteiger charge is 2.29. The molecule has 2 aliphatic rings. The van der Waals surface area contributed by atoms with E-state index in [0.717, 1.165) is 74.3 Å². The van der Waals surface area contributed by atoms with Crippen LogP contribution in [0.1, 0.15) is 60.9 Å². The van der Waals surface area contributed by atoms with E-state index in [2.05, 4.69) is 50.1 Å². The molecule has 49 heavy (non-hydrogen) atoms. The van der Waals surface area contributed by atoms with Gasteiger partial charge in [0.25, 0.3) is 0 Å². The third kappa shape index (κ3) is 13.0. The Balaban J connectivity index is 1.27. The van der Waals surface area contributed by atoms with Crippen molar-refractivity contribution in [3.63, 3.8) is 0 Å². The van der Waals surface area contributed by atoms with Gasteiger partial charge in [-0.2, -0.15) is 0 Å². The summed E-state index contributed by atoms with van der Waals surface area (Å²) in [6.07, 6.45) is 7.78. The van der Waals surface area contributed by atoms with Gasteiger partial charge >= 0.3 is 6.09 Å². The summed E-state index contributed by atoms with van der Waals surface area (Å²) in [6, 6.07) is 19.3. The predicted octanol–water partition coefficient (Wildman–Crippen LogP) is 4.93. The number of amides is 2. The van der Waals surface area contributed by atoms with E-state index >= 15 is 0 Å². The smallest absolute Gasteiger partial charge is 0.407 e. The van der Waals surface area contributed by atoms with Gasteiger partial charge in [-0.25, -0.2) is 4.79 Å². The van der Waals surface area contributed by atoms with Gasteiger partial charge in [0, 0.05) is 38.3 Å². The number of thiazole rings is 1. The Kier molecular flexibility index (Phi) is 15.1. The van der Waals surface area contributed by atoms with Gasteiger partial charge in [-0.15, -0.1) is 11.3 Å². The van der Waals surface area contributed by atoms with E-state index in [1.54, 1.807) is 11.7 Å². The van der Waals surface area contributed by atoms with Crippen molar-refractivity contribution in [1.82, 2.24) is 25.8 Å². The van der Waals surface area contributed by atoms with Gasteiger partial charge < -0.3 is 25.4 Å². The van der Waals surface area contributed by atoms with Crippen LogP contribution >= 0.6 is 11.3 Å². The zero-order chi connectivity index (χ0) is 34.1. The Bertz CT molecular complexity index is 1400. The Labute approximate surface area is 294 Å². The molecular formula is C38H51N5O5S. The van der Waals surface area contributed by atoms with Crippen LogP contribution in [0.25, 0.3) is 0 Å². The number of carbonyl (C=O) groups excluding carboxylic acids is 3. The normalized spacial score (nSPS) is 18.6. The van der Waals surface area contributed by atoms with Crippen molar-refractivity contribution < 1.29 is 23.9 Å². The van der Waals surface area contributed by atoms with Crippen molar-refractivity contribution in [2.24, 2.45) is 5.92 Å². The standard InChI is InChI=1S/C38H51N5O5S/c44-36(34(16-18-43-19-21-47-22-20-43)42-37(45)35-13-7-8-17-40-35)25-31(23-29-9-3-1-4-10-29)14-15-32(24-30-11-5-2-6-12-30)41-38(46)48-27-33-26-39-28-49-33/h1-6,9-12,26,28,31-32,34-35,40H,7-8,13-25,27H2,(H,41,46)(H,42,45)/t31-,32-,34+,35?/m1/s1. The minimum atomic E-state index is -0.558. The SMILES string of the molecule is O=C(N[C@H](CC[C@@H](CC(=O)[C@H](CCN1CCOCC1)NC(=O)C1CCCCN1)Cc1ccccc1)Cc1ccccc1)OCc1cncs1. The lowest BCUT2D eigenvalue weighted by molar-refractivity contribution is -0.130. The fourth-order valence-electron chi connectivity index (χ4n) is 6.67. The van der Waals surface area contributed by atoms with Crippen molar-refractivity contribution in [3.8, 4) is 0 Å². The number of rotatable bonds is 18. The number of hydrogen-bond acceptors (Lipinski definition) is 9. The average Bonchev–Trinajstić information content (AvgIpc) is 3.67. The molecular weight excluding hydrogens is 639 g/mol. The molecule has 2 saturated heterocycles. The number of ketones is 1. The number of nitrogens with zero attached hydrogens (tertiary/aromatic N) is 2. The summed E-state index contributed by atoms with van der Waals surface area (Å²) in [5.41, 5.74) is 4.00. The summed E-state index contributed by atoms with van der Waals surface area (Å²) in [5, 5.41) is 9.59. The van der Waals surface area contributed by atoms with E-state index in [-0.39, 0.29) is 36.3 Å². The highest BCUT2D eigenvalue weighted by Crippen LogP contribution is 2.23. The van der Waals surface area contributed by atoms with Crippen molar-refractivity contribution in [2.75, 3.05) is 39.4 Å². The number of aromatic nitrogens is 1. The van der Waals surface area contributed by atoms with Crippen LogP contribution in [0.4, 0.5) is 4.79 Å². The van der Waals surface area contributed by atoms with E-state index in [9.17, 15) is 14.4 Å². The van der Waals surface area contributed by atoms with E-state index in [0.29, 0.717) is 38.9 Å². The second-order valence-electron chi connectivity index (χ2n) is 13.2. The van der Waals surface area contributed by atoms with E-state index < -0.39 is 12.1 Å². The number of morpholine rings is 1. The first-order valence-corrected chi connectivity index (χ1v) is 18.6. The molecule has 3 aromatic rings. The molecule has 264 valence electrons. The second-order valence-corrected chi connectivity index (χ2v) is 14.2. The van der Waals surface area contributed by atoms with Gasteiger partial charge in [0.05, 0.1) is 35.7 Å². The second kappa shape index (κ2) is 20.1. The van der Waals surface area contributed by atoms with Crippen LogP contribution in [0.5, 0.6) is 0 Å². The molecule has 2 aromatic carbocycles. The first-order chi connectivity index (χ1) is 24.0. The molecule has 2 amide bonds. The Morgan fingerprint density at radius 2 is 1.67 bits per heavy atom. The fraction of sp³-hybridized carbons (Fsp3) is 0.526. The zero-order valence-electron chi connectivity index (χ0n) is 28.4. The molecule has 1 aromatic heterocycles. The van der Waals surface area contributed by atoms with Gasteiger partial charge in [-0.3, -0.25) is 19.5 Å². The topological polar surface area (TPSA) is 122 Å². The van der Waals surface area contributed by atoms with Gasteiger partial charge in [-0.05, 0) is 68.5 Å². The monoisotopic (exact) mass is 689 g/mol. The molecule has 5 rings (SSSR count). The first-order valence-electron chi connectivity index (χ1n) is 17.8. The molecule has 3 N–H and O–H groups in total. The number of carbonyl (C=O) groups is 3. The molecule has 10 nitrogen and oxygen atoms in total. The molecule has 2 aliphatic heterocycles. The van der Waals surface area contributed by atoms with Crippen molar-refractivity contribution in [1.29, 1.82) is 0 Å². The summed E-state index contributed by atoms with van der Waals surface area (Å²) in [7, 11) is 0. The number of piperidine rings is 1.